The van der Waals surface area contributed by atoms with Gasteiger partial charge in [-0.3, -0.25) is 9.89 Å². The lowest BCUT2D eigenvalue weighted by molar-refractivity contribution is -0.0498. The fourth-order valence-corrected chi connectivity index (χ4v) is 3.11. The Balaban J connectivity index is 1.41. The maximum Gasteiger partial charge on any atom is 0.387 e. The summed E-state index contributed by atoms with van der Waals surface area (Å²) in [6.07, 6.45) is 3.57. The molecule has 1 N–H and O–H groups in total. The van der Waals surface area contributed by atoms with Crippen molar-refractivity contribution in [1.29, 1.82) is 0 Å². The minimum Gasteiger partial charge on any atom is -0.435 e. The topological polar surface area (TPSA) is 76.0 Å². The van der Waals surface area contributed by atoms with Crippen molar-refractivity contribution in [2.75, 3.05) is 7.05 Å². The number of alkyl halides is 2. The van der Waals surface area contributed by atoms with Crippen LogP contribution in [0.3, 0.4) is 0 Å². The molecule has 0 spiro atoms. The van der Waals surface area contributed by atoms with E-state index in [9.17, 15) is 13.6 Å². The molecule has 0 fully saturated rings. The lowest BCUT2D eigenvalue weighted by atomic mass is 10.1. The third-order valence-electron chi connectivity index (χ3n) is 4.66. The van der Waals surface area contributed by atoms with Crippen LogP contribution in [0.25, 0.3) is 16.9 Å². The van der Waals surface area contributed by atoms with E-state index in [2.05, 4.69) is 20.0 Å². The zero-order chi connectivity index (χ0) is 21.8. The molecule has 2 aromatic carbocycles. The highest BCUT2D eigenvalue weighted by Gasteiger charge is 2.16. The van der Waals surface area contributed by atoms with Gasteiger partial charge in [-0.2, -0.15) is 19.0 Å². The molecule has 0 aliphatic rings. The quantitative estimate of drug-likeness (QED) is 0.485. The number of carbonyl (C=O) groups is 1. The maximum absolute atomic E-state index is 12.8. The molecule has 1 amide bonds. The van der Waals surface area contributed by atoms with Crippen LogP contribution in [0, 0.1) is 0 Å². The number of ether oxygens (including phenoxy) is 1. The van der Waals surface area contributed by atoms with Gasteiger partial charge in [0.1, 0.15) is 11.4 Å². The Kier molecular flexibility index (Phi) is 5.74. The molecule has 0 bridgehead atoms. The number of aromatic amines is 1. The van der Waals surface area contributed by atoms with E-state index in [4.69, 9.17) is 0 Å². The predicted molar refractivity (Wildman–Crippen MR) is 110 cm³/mol. The van der Waals surface area contributed by atoms with E-state index in [1.165, 1.54) is 12.1 Å². The molecule has 2 aromatic heterocycles. The van der Waals surface area contributed by atoms with Crippen molar-refractivity contribution in [3.8, 4) is 22.7 Å². The fourth-order valence-electron chi connectivity index (χ4n) is 3.11. The summed E-state index contributed by atoms with van der Waals surface area (Å²) in [5.74, 6) is -0.156. The number of amides is 1. The van der Waals surface area contributed by atoms with Crippen LogP contribution in [-0.2, 0) is 6.54 Å². The summed E-state index contributed by atoms with van der Waals surface area (Å²) in [5, 5.41) is 11.1. The van der Waals surface area contributed by atoms with Crippen LogP contribution in [0.15, 0.2) is 73.1 Å². The molecule has 4 rings (SSSR count). The first-order chi connectivity index (χ1) is 15.0. The number of halogens is 2. The van der Waals surface area contributed by atoms with Gasteiger partial charge in [-0.15, -0.1) is 0 Å². The molecule has 31 heavy (non-hydrogen) atoms. The number of hydrogen-bond donors (Lipinski definition) is 1. The molecular formula is C22H19F2N5O2. The summed E-state index contributed by atoms with van der Waals surface area (Å²) in [4.78, 5) is 14.3. The third kappa shape index (κ3) is 4.77. The van der Waals surface area contributed by atoms with Crippen molar-refractivity contribution >= 4 is 5.91 Å². The van der Waals surface area contributed by atoms with Gasteiger partial charge in [-0.25, -0.2) is 4.68 Å². The van der Waals surface area contributed by atoms with E-state index in [1.807, 2.05) is 36.5 Å². The number of H-pyrrole nitrogens is 1. The Morgan fingerprint density at radius 3 is 2.55 bits per heavy atom. The van der Waals surface area contributed by atoms with Crippen molar-refractivity contribution in [2.24, 2.45) is 0 Å². The first kappa shape index (κ1) is 20.3. The lowest BCUT2D eigenvalue weighted by Gasteiger charge is -2.16. The van der Waals surface area contributed by atoms with Gasteiger partial charge in [0.2, 0.25) is 0 Å². The summed E-state index contributed by atoms with van der Waals surface area (Å²) in [6.45, 7) is -2.45. The number of carbonyl (C=O) groups excluding carboxylic acids is 1. The molecule has 0 atom stereocenters. The van der Waals surface area contributed by atoms with Crippen molar-refractivity contribution in [3.63, 3.8) is 0 Å². The fraction of sp³-hybridized carbons (Fsp3) is 0.136. The number of nitrogens with zero attached hydrogens (tertiary/aromatic N) is 4. The van der Waals surface area contributed by atoms with Gasteiger partial charge >= 0.3 is 6.61 Å². The van der Waals surface area contributed by atoms with E-state index < -0.39 is 6.61 Å². The smallest absolute Gasteiger partial charge is 0.387 e. The summed E-state index contributed by atoms with van der Waals surface area (Å²) in [5.41, 5.74) is 3.45. The first-order valence-corrected chi connectivity index (χ1v) is 9.44. The van der Waals surface area contributed by atoms with Gasteiger partial charge < -0.3 is 9.64 Å². The molecule has 0 aliphatic heterocycles. The van der Waals surface area contributed by atoms with Crippen LogP contribution < -0.4 is 4.74 Å². The molecular weight excluding hydrogens is 404 g/mol. The lowest BCUT2D eigenvalue weighted by Crippen LogP contribution is -2.26. The van der Waals surface area contributed by atoms with E-state index in [0.29, 0.717) is 23.5 Å². The average molecular weight is 423 g/mol. The second kappa shape index (κ2) is 8.78. The maximum atomic E-state index is 12.8. The molecule has 0 unspecified atom stereocenters. The van der Waals surface area contributed by atoms with Crippen LogP contribution in [-0.4, -0.2) is 44.4 Å². The van der Waals surface area contributed by atoms with Crippen LogP contribution in [0.1, 0.15) is 16.1 Å². The zero-order valence-corrected chi connectivity index (χ0v) is 16.6. The molecule has 2 heterocycles. The highest BCUT2D eigenvalue weighted by atomic mass is 19.3. The van der Waals surface area contributed by atoms with Crippen LogP contribution >= 0.6 is 0 Å². The molecule has 0 aliphatic carbocycles. The Hall–Kier alpha value is -4.01. The van der Waals surface area contributed by atoms with Crippen LogP contribution in [0.2, 0.25) is 0 Å². The average Bonchev–Trinajstić information content (AvgIpc) is 3.46. The summed E-state index contributed by atoms with van der Waals surface area (Å²) < 4.78 is 30.6. The number of aromatic nitrogens is 4. The Labute approximate surface area is 176 Å². The summed E-state index contributed by atoms with van der Waals surface area (Å²) in [6, 6.07) is 17.3. The molecule has 9 heteroatoms. The summed E-state index contributed by atoms with van der Waals surface area (Å²) in [7, 11) is 1.71. The third-order valence-corrected chi connectivity index (χ3v) is 4.66. The zero-order valence-electron chi connectivity index (χ0n) is 16.6. The second-order valence-electron chi connectivity index (χ2n) is 6.85. The molecule has 0 saturated carbocycles. The normalized spacial score (nSPS) is 11.0. The van der Waals surface area contributed by atoms with Gasteiger partial charge in [0.25, 0.3) is 5.91 Å². The van der Waals surface area contributed by atoms with Crippen molar-refractivity contribution in [3.05, 3.63) is 84.3 Å². The Morgan fingerprint density at radius 1 is 1.16 bits per heavy atom. The first-order valence-electron chi connectivity index (χ1n) is 9.44. The van der Waals surface area contributed by atoms with E-state index >= 15 is 0 Å². The van der Waals surface area contributed by atoms with E-state index in [-0.39, 0.29) is 11.7 Å². The Bertz CT molecular complexity index is 1140. The summed E-state index contributed by atoms with van der Waals surface area (Å²) >= 11 is 0. The van der Waals surface area contributed by atoms with E-state index in [1.54, 1.807) is 41.0 Å². The highest BCUT2D eigenvalue weighted by Crippen LogP contribution is 2.23. The number of rotatable bonds is 7. The molecule has 7 nitrogen and oxygen atoms in total. The van der Waals surface area contributed by atoms with Gasteiger partial charge in [0.05, 0.1) is 11.4 Å². The molecule has 0 saturated heterocycles. The van der Waals surface area contributed by atoms with Gasteiger partial charge in [-0.05, 0) is 54.1 Å². The number of benzene rings is 2. The molecule has 0 radical (unpaired) electrons. The van der Waals surface area contributed by atoms with Gasteiger partial charge in [0, 0.05) is 31.5 Å². The molecule has 4 aromatic rings. The van der Waals surface area contributed by atoms with Crippen LogP contribution in [0.4, 0.5) is 8.78 Å². The van der Waals surface area contributed by atoms with Gasteiger partial charge in [-0.1, -0.05) is 12.1 Å². The minimum atomic E-state index is -2.88. The van der Waals surface area contributed by atoms with Crippen molar-refractivity contribution in [2.45, 2.75) is 13.2 Å². The van der Waals surface area contributed by atoms with Crippen molar-refractivity contribution < 1.29 is 18.3 Å². The molecule has 158 valence electrons. The SMILES string of the molecule is CN(Cc1ccc(-n2cccn2)cc1)C(=O)c1cc(-c2ccc(OC(F)F)cc2)n[nH]1. The largest absolute Gasteiger partial charge is 0.435 e. The monoisotopic (exact) mass is 423 g/mol. The predicted octanol–water partition coefficient (Wildman–Crippen LogP) is 4.14. The number of nitrogens with one attached hydrogen (secondary N) is 1. The van der Waals surface area contributed by atoms with Crippen molar-refractivity contribution in [1.82, 2.24) is 24.9 Å². The highest BCUT2D eigenvalue weighted by molar-refractivity contribution is 5.93. The second-order valence-corrected chi connectivity index (χ2v) is 6.85. The standard InChI is InChI=1S/C22H19F2N5O2/c1-28(14-15-3-7-17(8-4-15)29-12-2-11-25-29)21(30)20-13-19(26-27-20)16-5-9-18(10-6-16)31-22(23)24/h2-13,22H,14H2,1H3,(H,26,27). The number of hydrogen-bond acceptors (Lipinski definition) is 4. The van der Waals surface area contributed by atoms with Crippen LogP contribution in [0.5, 0.6) is 5.75 Å². The van der Waals surface area contributed by atoms with Gasteiger partial charge in [0.15, 0.2) is 0 Å². The Morgan fingerprint density at radius 2 is 1.90 bits per heavy atom. The van der Waals surface area contributed by atoms with E-state index in [0.717, 1.165) is 11.3 Å². The minimum absolute atomic E-state index is 0.0592.